The van der Waals surface area contributed by atoms with Crippen LogP contribution >= 0.6 is 11.3 Å². The van der Waals surface area contributed by atoms with Crippen LogP contribution in [0.3, 0.4) is 0 Å². The van der Waals surface area contributed by atoms with Crippen LogP contribution in [0.1, 0.15) is 56.5 Å². The van der Waals surface area contributed by atoms with Gasteiger partial charge in [-0.1, -0.05) is 25.2 Å². The first-order valence-electron chi connectivity index (χ1n) is 10.6. The number of aliphatic imine (C=N–C) groups is 1. The molecule has 0 saturated heterocycles. The van der Waals surface area contributed by atoms with Gasteiger partial charge in [0.1, 0.15) is 0 Å². The molecule has 0 bridgehead atoms. The Morgan fingerprint density at radius 3 is 2.79 bits per heavy atom. The molecule has 3 rings (SSSR count). The maximum atomic E-state index is 12.3. The molecular weight excluding hydrogens is 396 g/mol. The second-order valence-corrected chi connectivity index (χ2v) is 9.46. The van der Waals surface area contributed by atoms with Crippen molar-refractivity contribution in [1.29, 1.82) is 0 Å². The molecule has 0 N–H and O–H groups in total. The van der Waals surface area contributed by atoms with E-state index in [2.05, 4.69) is 14.9 Å². The standard InChI is InChI=1S/C21H31F2N3O2S/c1-14(2)20(27)24-11-16-5-3-15(4-6-16)7-9-26-10-8-18-17(12-26)25-21(29-18)28-13-19(22)23/h11,14-16,19H,3-10,12-13H2,1-2H3. The molecule has 2 heterocycles. The van der Waals surface area contributed by atoms with Crippen molar-refractivity contribution in [2.45, 2.75) is 65.3 Å². The minimum Gasteiger partial charge on any atom is -0.464 e. The Morgan fingerprint density at radius 2 is 2.10 bits per heavy atom. The number of nitrogens with zero attached hydrogens (tertiary/aromatic N) is 3. The van der Waals surface area contributed by atoms with E-state index < -0.39 is 13.0 Å². The minimum atomic E-state index is -2.47. The summed E-state index contributed by atoms with van der Waals surface area (Å²) in [6, 6.07) is 0. The van der Waals surface area contributed by atoms with Gasteiger partial charge in [0, 0.05) is 30.1 Å². The van der Waals surface area contributed by atoms with Crippen LogP contribution in [-0.2, 0) is 17.8 Å². The smallest absolute Gasteiger partial charge is 0.273 e. The number of hydrogen-bond donors (Lipinski definition) is 0. The van der Waals surface area contributed by atoms with Crippen LogP contribution in [0.25, 0.3) is 0 Å². The highest BCUT2D eigenvalue weighted by atomic mass is 32.1. The number of ether oxygens (including phenoxy) is 1. The van der Waals surface area contributed by atoms with Gasteiger partial charge in [-0.2, -0.15) is 0 Å². The summed E-state index contributed by atoms with van der Waals surface area (Å²) in [5.74, 6) is 1.11. The molecule has 1 aliphatic heterocycles. The van der Waals surface area contributed by atoms with E-state index in [0.717, 1.165) is 50.5 Å². The Hall–Kier alpha value is -1.41. The van der Waals surface area contributed by atoms with Gasteiger partial charge in [0.25, 0.3) is 11.6 Å². The van der Waals surface area contributed by atoms with Gasteiger partial charge in [0.05, 0.1) is 5.69 Å². The summed E-state index contributed by atoms with van der Waals surface area (Å²) in [5, 5.41) is 0.369. The molecule has 1 aromatic rings. The van der Waals surface area contributed by atoms with Gasteiger partial charge in [0.15, 0.2) is 6.61 Å². The van der Waals surface area contributed by atoms with Crippen molar-refractivity contribution < 1.29 is 18.3 Å². The van der Waals surface area contributed by atoms with Crippen LogP contribution in [0.4, 0.5) is 8.78 Å². The molecule has 29 heavy (non-hydrogen) atoms. The molecule has 1 saturated carbocycles. The van der Waals surface area contributed by atoms with Crippen molar-refractivity contribution in [2.24, 2.45) is 22.7 Å². The third kappa shape index (κ3) is 6.81. The lowest BCUT2D eigenvalue weighted by atomic mass is 9.81. The van der Waals surface area contributed by atoms with Gasteiger partial charge < -0.3 is 4.74 Å². The first-order valence-corrected chi connectivity index (χ1v) is 11.4. The van der Waals surface area contributed by atoms with Gasteiger partial charge >= 0.3 is 0 Å². The highest BCUT2D eigenvalue weighted by Crippen LogP contribution is 2.32. The van der Waals surface area contributed by atoms with Crippen molar-refractivity contribution in [1.82, 2.24) is 9.88 Å². The van der Waals surface area contributed by atoms with E-state index in [1.165, 1.54) is 35.5 Å². The summed E-state index contributed by atoms with van der Waals surface area (Å²) in [7, 11) is 0. The molecule has 0 radical (unpaired) electrons. The summed E-state index contributed by atoms with van der Waals surface area (Å²) in [6.45, 7) is 5.98. The summed E-state index contributed by atoms with van der Waals surface area (Å²) >= 11 is 1.40. The number of amides is 1. The van der Waals surface area contributed by atoms with E-state index in [4.69, 9.17) is 4.74 Å². The zero-order chi connectivity index (χ0) is 20.8. The van der Waals surface area contributed by atoms with Crippen LogP contribution in [-0.4, -0.2) is 48.1 Å². The maximum Gasteiger partial charge on any atom is 0.273 e. The molecule has 1 aliphatic carbocycles. The highest BCUT2D eigenvalue weighted by molar-refractivity contribution is 7.13. The van der Waals surface area contributed by atoms with Crippen LogP contribution in [0, 0.1) is 17.8 Å². The van der Waals surface area contributed by atoms with Crippen molar-refractivity contribution >= 4 is 23.5 Å². The van der Waals surface area contributed by atoms with Gasteiger partial charge in [-0.25, -0.2) is 18.8 Å². The molecule has 0 atom stereocenters. The van der Waals surface area contributed by atoms with E-state index >= 15 is 0 Å². The fourth-order valence-electron chi connectivity index (χ4n) is 3.93. The molecule has 0 aromatic carbocycles. The highest BCUT2D eigenvalue weighted by Gasteiger charge is 2.24. The van der Waals surface area contributed by atoms with Crippen molar-refractivity contribution in [2.75, 3.05) is 19.7 Å². The quantitative estimate of drug-likeness (QED) is 0.569. The molecule has 1 aromatic heterocycles. The molecule has 1 fully saturated rings. The topological polar surface area (TPSA) is 54.8 Å². The summed E-state index contributed by atoms with van der Waals surface area (Å²) in [5.41, 5.74) is 0.986. The number of rotatable bonds is 8. The zero-order valence-electron chi connectivity index (χ0n) is 17.3. The lowest BCUT2D eigenvalue weighted by Crippen LogP contribution is -2.32. The third-order valence-corrected chi connectivity index (χ3v) is 6.84. The van der Waals surface area contributed by atoms with E-state index in [0.29, 0.717) is 11.1 Å². The Balaban J connectivity index is 1.38. The van der Waals surface area contributed by atoms with Gasteiger partial charge in [0.2, 0.25) is 5.91 Å². The number of aromatic nitrogens is 1. The fraction of sp³-hybridized carbons (Fsp3) is 0.762. The van der Waals surface area contributed by atoms with Gasteiger partial charge in [-0.05, 0) is 56.9 Å². The Kier molecular flexibility index (Phi) is 8.12. The first-order chi connectivity index (χ1) is 13.9. The fourth-order valence-corrected chi connectivity index (χ4v) is 4.85. The largest absolute Gasteiger partial charge is 0.464 e. The number of carbonyl (C=O) groups is 1. The van der Waals surface area contributed by atoms with Gasteiger partial charge in [-0.3, -0.25) is 9.69 Å². The summed E-state index contributed by atoms with van der Waals surface area (Å²) in [6.07, 6.45) is 6.09. The number of carbonyl (C=O) groups excluding carboxylic acids is 1. The second kappa shape index (κ2) is 10.6. The Labute approximate surface area is 175 Å². The molecule has 162 valence electrons. The van der Waals surface area contributed by atoms with Crippen LogP contribution in [0.5, 0.6) is 5.19 Å². The van der Waals surface area contributed by atoms with E-state index in [9.17, 15) is 13.6 Å². The third-order valence-electron chi connectivity index (χ3n) is 5.77. The van der Waals surface area contributed by atoms with Crippen LogP contribution in [0.15, 0.2) is 4.99 Å². The van der Waals surface area contributed by atoms with Crippen molar-refractivity contribution in [3.05, 3.63) is 10.6 Å². The van der Waals surface area contributed by atoms with E-state index in [1.54, 1.807) is 0 Å². The number of halogens is 2. The molecule has 5 nitrogen and oxygen atoms in total. The average molecular weight is 428 g/mol. The normalized spacial score (nSPS) is 23.1. The zero-order valence-corrected chi connectivity index (χ0v) is 18.1. The maximum absolute atomic E-state index is 12.3. The van der Waals surface area contributed by atoms with Crippen molar-refractivity contribution in [3.63, 3.8) is 0 Å². The van der Waals surface area contributed by atoms with Crippen molar-refractivity contribution in [3.8, 4) is 5.19 Å². The summed E-state index contributed by atoms with van der Waals surface area (Å²) < 4.78 is 29.7. The van der Waals surface area contributed by atoms with Crippen LogP contribution < -0.4 is 4.74 Å². The Morgan fingerprint density at radius 1 is 1.34 bits per heavy atom. The van der Waals surface area contributed by atoms with E-state index in [1.807, 2.05) is 20.1 Å². The number of fused-ring (bicyclic) bond motifs is 1. The number of thiazole rings is 1. The predicted molar refractivity (Wildman–Crippen MR) is 111 cm³/mol. The molecule has 0 spiro atoms. The SMILES string of the molecule is CC(C)C(=O)N=CC1CCC(CCN2CCc3sc(OCC(F)F)nc3C2)CC1. The minimum absolute atomic E-state index is 0.0265. The van der Waals surface area contributed by atoms with Crippen LogP contribution in [0.2, 0.25) is 0 Å². The number of hydrogen-bond acceptors (Lipinski definition) is 5. The Bertz CT molecular complexity index is 700. The lowest BCUT2D eigenvalue weighted by molar-refractivity contribution is -0.120. The molecule has 8 heteroatoms. The predicted octanol–water partition coefficient (Wildman–Crippen LogP) is 4.60. The first kappa shape index (κ1) is 22.3. The summed E-state index contributed by atoms with van der Waals surface area (Å²) in [4.78, 5) is 23.7. The molecular formula is C21H31F2N3O2S. The average Bonchev–Trinajstić information content (AvgIpc) is 3.11. The monoisotopic (exact) mass is 427 g/mol. The number of alkyl halides is 2. The molecule has 2 aliphatic rings. The molecule has 1 amide bonds. The van der Waals surface area contributed by atoms with E-state index in [-0.39, 0.29) is 11.8 Å². The van der Waals surface area contributed by atoms with Gasteiger partial charge in [-0.15, -0.1) is 0 Å². The second-order valence-electron chi connectivity index (χ2n) is 8.42. The lowest BCUT2D eigenvalue weighted by Gasteiger charge is -2.30. The molecule has 0 unspecified atom stereocenters.